The molecule has 1 aromatic rings. The summed E-state index contributed by atoms with van der Waals surface area (Å²) in [6, 6.07) is 5.51. The Bertz CT molecular complexity index is 609. The Balaban J connectivity index is 0.00000338. The van der Waals surface area contributed by atoms with E-state index in [9.17, 15) is 4.79 Å². The predicted molar refractivity (Wildman–Crippen MR) is 124 cm³/mol. The van der Waals surface area contributed by atoms with Gasteiger partial charge in [-0.1, -0.05) is 17.7 Å². The number of aliphatic imine (C=N–C) groups is 1. The van der Waals surface area contributed by atoms with Crippen LogP contribution >= 0.6 is 47.3 Å². The van der Waals surface area contributed by atoms with Gasteiger partial charge in [-0.2, -0.15) is 11.8 Å². The quantitative estimate of drug-likeness (QED) is 0.294. The Morgan fingerprint density at radius 3 is 2.88 bits per heavy atom. The van der Waals surface area contributed by atoms with Crippen LogP contribution < -0.4 is 16.0 Å². The molecule has 1 unspecified atom stereocenters. The van der Waals surface area contributed by atoms with E-state index >= 15 is 0 Å². The van der Waals surface area contributed by atoms with Gasteiger partial charge in [0.15, 0.2) is 5.96 Å². The highest BCUT2D eigenvalue weighted by molar-refractivity contribution is 14.0. The molecule has 0 saturated carbocycles. The zero-order valence-electron chi connectivity index (χ0n) is 15.3. The molecular weight excluding hydrogens is 483 g/mol. The van der Waals surface area contributed by atoms with Crippen LogP contribution in [0, 0.1) is 6.92 Å². The number of guanidine groups is 1. The van der Waals surface area contributed by atoms with Gasteiger partial charge < -0.3 is 16.0 Å². The molecule has 3 N–H and O–H groups in total. The van der Waals surface area contributed by atoms with Gasteiger partial charge in [-0.05, 0) is 50.1 Å². The molecule has 5 nitrogen and oxygen atoms in total. The highest BCUT2D eigenvalue weighted by Crippen LogP contribution is 2.26. The van der Waals surface area contributed by atoms with Gasteiger partial charge in [0.2, 0.25) is 5.91 Å². The summed E-state index contributed by atoms with van der Waals surface area (Å²) < 4.78 is 0. The first-order valence-corrected chi connectivity index (χ1v) is 10.2. The zero-order chi connectivity index (χ0) is 18.1. The van der Waals surface area contributed by atoms with Gasteiger partial charge in [-0.15, -0.1) is 24.0 Å². The summed E-state index contributed by atoms with van der Waals surface area (Å²) in [6.45, 7) is 6.10. The Labute approximate surface area is 182 Å². The van der Waals surface area contributed by atoms with Crippen LogP contribution in [0.15, 0.2) is 23.2 Å². The Morgan fingerprint density at radius 1 is 1.38 bits per heavy atom. The molecule has 8 heteroatoms. The molecule has 146 valence electrons. The molecule has 2 rings (SSSR count). The molecule has 0 radical (unpaired) electrons. The van der Waals surface area contributed by atoms with Crippen molar-refractivity contribution in [1.82, 2.24) is 10.6 Å². The highest BCUT2D eigenvalue weighted by atomic mass is 127. The number of benzene rings is 1. The summed E-state index contributed by atoms with van der Waals surface area (Å²) in [6.07, 6.45) is 2.90. The number of nitrogens with one attached hydrogen (secondary N) is 3. The smallest absolute Gasteiger partial charge is 0.226 e. The number of anilines is 1. The molecule has 1 aromatic carbocycles. The number of hydrogen-bond donors (Lipinski definition) is 3. The second-order valence-corrected chi connectivity index (χ2v) is 7.81. The van der Waals surface area contributed by atoms with Crippen molar-refractivity contribution in [3.63, 3.8) is 0 Å². The molecule has 0 aromatic heterocycles. The van der Waals surface area contributed by atoms with Crippen LogP contribution in [0.2, 0.25) is 5.02 Å². The SMILES string of the molecule is CCNC(=NCC1CCCS1)NCCC(=O)Nc1cccc(Cl)c1C.I. The van der Waals surface area contributed by atoms with Crippen molar-refractivity contribution < 1.29 is 4.79 Å². The van der Waals surface area contributed by atoms with E-state index in [4.69, 9.17) is 11.6 Å². The maximum atomic E-state index is 12.1. The van der Waals surface area contributed by atoms with Gasteiger partial charge in [-0.25, -0.2) is 0 Å². The van der Waals surface area contributed by atoms with Gasteiger partial charge in [0.1, 0.15) is 0 Å². The minimum Gasteiger partial charge on any atom is -0.357 e. The second-order valence-electron chi connectivity index (χ2n) is 5.99. The monoisotopic (exact) mass is 510 g/mol. The van der Waals surface area contributed by atoms with E-state index in [-0.39, 0.29) is 29.9 Å². The van der Waals surface area contributed by atoms with Crippen molar-refractivity contribution >= 4 is 64.9 Å². The maximum Gasteiger partial charge on any atom is 0.226 e. The van der Waals surface area contributed by atoms with Gasteiger partial charge in [0.25, 0.3) is 0 Å². The van der Waals surface area contributed by atoms with Crippen molar-refractivity contribution in [1.29, 1.82) is 0 Å². The average Bonchev–Trinajstić information content (AvgIpc) is 3.10. The molecular formula is C18H28ClIN4OS. The molecule has 1 atom stereocenters. The number of carbonyl (C=O) groups excluding carboxylic acids is 1. The molecule has 26 heavy (non-hydrogen) atoms. The predicted octanol–water partition coefficient (Wildman–Crippen LogP) is 4.05. The van der Waals surface area contributed by atoms with Gasteiger partial charge in [-0.3, -0.25) is 9.79 Å². The lowest BCUT2D eigenvalue weighted by Gasteiger charge is -2.13. The van der Waals surface area contributed by atoms with Gasteiger partial charge in [0, 0.05) is 35.5 Å². The summed E-state index contributed by atoms with van der Waals surface area (Å²) in [7, 11) is 0. The molecule has 0 aliphatic carbocycles. The first kappa shape index (κ1) is 23.4. The number of thioether (sulfide) groups is 1. The van der Waals surface area contributed by atoms with Gasteiger partial charge >= 0.3 is 0 Å². The number of carbonyl (C=O) groups is 1. The number of nitrogens with zero attached hydrogens (tertiary/aromatic N) is 1. The maximum absolute atomic E-state index is 12.1. The third-order valence-electron chi connectivity index (χ3n) is 4.01. The average molecular weight is 511 g/mol. The molecule has 1 amide bonds. The second kappa shape index (κ2) is 12.7. The first-order chi connectivity index (χ1) is 12.1. The van der Waals surface area contributed by atoms with Crippen molar-refractivity contribution in [2.75, 3.05) is 30.7 Å². The molecule has 0 bridgehead atoms. The van der Waals surface area contributed by atoms with E-state index < -0.39 is 0 Å². The van der Waals surface area contributed by atoms with Crippen LogP contribution in [0.5, 0.6) is 0 Å². The van der Waals surface area contributed by atoms with E-state index in [0.29, 0.717) is 23.2 Å². The highest BCUT2D eigenvalue weighted by Gasteiger charge is 2.15. The minimum atomic E-state index is -0.0416. The lowest BCUT2D eigenvalue weighted by molar-refractivity contribution is -0.116. The third-order valence-corrected chi connectivity index (χ3v) is 5.80. The largest absolute Gasteiger partial charge is 0.357 e. The third kappa shape index (κ3) is 7.92. The van der Waals surface area contributed by atoms with Crippen LogP contribution in [0.4, 0.5) is 5.69 Å². The van der Waals surface area contributed by atoms with E-state index in [0.717, 1.165) is 30.3 Å². The normalized spacial score (nSPS) is 16.7. The summed E-state index contributed by atoms with van der Waals surface area (Å²) >= 11 is 8.07. The fourth-order valence-corrected chi connectivity index (χ4v) is 3.93. The number of rotatable bonds is 7. The van der Waals surface area contributed by atoms with Crippen molar-refractivity contribution in [2.24, 2.45) is 4.99 Å². The van der Waals surface area contributed by atoms with Crippen LogP contribution in [-0.4, -0.2) is 42.5 Å². The molecule has 0 spiro atoms. The van der Waals surface area contributed by atoms with E-state index in [1.54, 1.807) is 0 Å². The zero-order valence-corrected chi connectivity index (χ0v) is 19.2. The number of halogens is 2. The Hall–Kier alpha value is -0.670. The topological polar surface area (TPSA) is 65.5 Å². The minimum absolute atomic E-state index is 0. The fourth-order valence-electron chi connectivity index (χ4n) is 2.57. The Kier molecular flexibility index (Phi) is 11.4. The lowest BCUT2D eigenvalue weighted by Crippen LogP contribution is -2.39. The summed E-state index contributed by atoms with van der Waals surface area (Å²) in [4.78, 5) is 16.8. The molecule has 1 aliphatic heterocycles. The fraction of sp³-hybridized carbons (Fsp3) is 0.556. The van der Waals surface area contributed by atoms with E-state index in [1.807, 2.05) is 43.8 Å². The van der Waals surface area contributed by atoms with Crippen LogP contribution in [0.1, 0.15) is 31.7 Å². The summed E-state index contributed by atoms with van der Waals surface area (Å²) in [5, 5.41) is 10.6. The standard InChI is InChI=1S/C18H27ClN4OS.HI/c1-3-20-18(22-12-14-6-5-11-25-14)21-10-9-17(24)23-16-8-4-7-15(19)13(16)2;/h4,7-8,14H,3,5-6,9-12H2,1-2H3,(H,23,24)(H2,20,21,22);1H. The number of amides is 1. The number of hydrogen-bond acceptors (Lipinski definition) is 3. The lowest BCUT2D eigenvalue weighted by atomic mass is 10.2. The van der Waals surface area contributed by atoms with Crippen molar-refractivity contribution in [2.45, 2.75) is 38.4 Å². The first-order valence-electron chi connectivity index (χ1n) is 8.79. The van der Waals surface area contributed by atoms with Crippen LogP contribution in [0.25, 0.3) is 0 Å². The molecule has 1 saturated heterocycles. The van der Waals surface area contributed by atoms with E-state index in [1.165, 1.54) is 18.6 Å². The molecule has 1 heterocycles. The molecule has 1 fully saturated rings. The van der Waals surface area contributed by atoms with Crippen LogP contribution in [-0.2, 0) is 4.79 Å². The molecule has 1 aliphatic rings. The van der Waals surface area contributed by atoms with Crippen molar-refractivity contribution in [3.05, 3.63) is 28.8 Å². The summed E-state index contributed by atoms with van der Waals surface area (Å²) in [5.74, 6) is 1.98. The summed E-state index contributed by atoms with van der Waals surface area (Å²) in [5.41, 5.74) is 1.64. The van der Waals surface area contributed by atoms with Crippen LogP contribution in [0.3, 0.4) is 0 Å². The Morgan fingerprint density at radius 2 is 2.19 bits per heavy atom. The van der Waals surface area contributed by atoms with Crippen molar-refractivity contribution in [3.8, 4) is 0 Å². The van der Waals surface area contributed by atoms with E-state index in [2.05, 4.69) is 20.9 Å². The van der Waals surface area contributed by atoms with Gasteiger partial charge in [0.05, 0.1) is 6.54 Å².